The van der Waals surface area contributed by atoms with Gasteiger partial charge in [-0.3, -0.25) is 4.79 Å². The van der Waals surface area contributed by atoms with Gasteiger partial charge < -0.3 is 5.32 Å². The fourth-order valence-corrected chi connectivity index (χ4v) is 2.42. The number of thioether (sulfide) groups is 1. The number of hydrogen-bond acceptors (Lipinski definition) is 8. The summed E-state index contributed by atoms with van der Waals surface area (Å²) in [6.45, 7) is 1.79. The molecule has 0 spiro atoms. The SMILES string of the molecule is CC(NC(=O)CSc1nnnn1C1CC1)c1nn[nH]n1. The van der Waals surface area contributed by atoms with E-state index in [9.17, 15) is 4.79 Å². The zero-order chi connectivity index (χ0) is 13.9. The van der Waals surface area contributed by atoms with E-state index in [4.69, 9.17) is 0 Å². The summed E-state index contributed by atoms with van der Waals surface area (Å²) < 4.78 is 1.78. The van der Waals surface area contributed by atoms with Gasteiger partial charge in [0.25, 0.3) is 0 Å². The van der Waals surface area contributed by atoms with Crippen molar-refractivity contribution in [3.8, 4) is 0 Å². The summed E-state index contributed by atoms with van der Waals surface area (Å²) in [5.74, 6) is 0.568. The Morgan fingerprint density at radius 3 is 3.10 bits per heavy atom. The van der Waals surface area contributed by atoms with Gasteiger partial charge in [-0.25, -0.2) is 4.68 Å². The molecule has 0 saturated heterocycles. The van der Waals surface area contributed by atoms with Crippen molar-refractivity contribution in [3.05, 3.63) is 5.82 Å². The molecule has 3 rings (SSSR count). The molecule has 1 amide bonds. The second-order valence-electron chi connectivity index (χ2n) is 4.49. The number of nitrogens with zero attached hydrogens (tertiary/aromatic N) is 7. The summed E-state index contributed by atoms with van der Waals surface area (Å²) in [6.07, 6.45) is 2.19. The molecule has 0 bridgehead atoms. The lowest BCUT2D eigenvalue weighted by atomic mass is 10.3. The normalized spacial score (nSPS) is 16.1. The molecule has 1 aliphatic rings. The summed E-state index contributed by atoms with van der Waals surface area (Å²) in [7, 11) is 0. The molecule has 106 valence electrons. The van der Waals surface area contributed by atoms with E-state index in [-0.39, 0.29) is 17.7 Å². The third-order valence-electron chi connectivity index (χ3n) is 2.81. The average molecular weight is 295 g/mol. The van der Waals surface area contributed by atoms with Crippen LogP contribution in [0.15, 0.2) is 5.16 Å². The number of H-pyrrole nitrogens is 1. The van der Waals surface area contributed by atoms with Gasteiger partial charge in [0.1, 0.15) is 0 Å². The van der Waals surface area contributed by atoms with Crippen molar-refractivity contribution in [3.63, 3.8) is 0 Å². The molecular weight excluding hydrogens is 282 g/mol. The first-order valence-corrected chi connectivity index (χ1v) is 7.16. The van der Waals surface area contributed by atoms with E-state index in [0.717, 1.165) is 12.8 Å². The topological polar surface area (TPSA) is 127 Å². The first kappa shape index (κ1) is 13.0. The lowest BCUT2D eigenvalue weighted by Crippen LogP contribution is -2.29. The van der Waals surface area contributed by atoms with Crippen molar-refractivity contribution in [2.45, 2.75) is 37.0 Å². The van der Waals surface area contributed by atoms with Crippen LogP contribution in [0.3, 0.4) is 0 Å². The van der Waals surface area contributed by atoms with Gasteiger partial charge in [-0.1, -0.05) is 17.0 Å². The van der Waals surface area contributed by atoms with Crippen LogP contribution < -0.4 is 5.32 Å². The van der Waals surface area contributed by atoms with Crippen molar-refractivity contribution < 1.29 is 4.79 Å². The third kappa shape index (κ3) is 2.92. The molecule has 2 aromatic heterocycles. The van der Waals surface area contributed by atoms with Crippen LogP contribution in [0.1, 0.15) is 37.7 Å². The van der Waals surface area contributed by atoms with E-state index in [1.54, 1.807) is 11.6 Å². The number of amides is 1. The first-order chi connectivity index (χ1) is 9.74. The van der Waals surface area contributed by atoms with Crippen LogP contribution in [-0.2, 0) is 4.79 Å². The molecule has 2 N–H and O–H groups in total. The number of nitrogens with one attached hydrogen (secondary N) is 2. The van der Waals surface area contributed by atoms with Gasteiger partial charge in [-0.05, 0) is 30.2 Å². The minimum absolute atomic E-state index is 0.127. The van der Waals surface area contributed by atoms with Crippen LogP contribution in [0.4, 0.5) is 0 Å². The lowest BCUT2D eigenvalue weighted by Gasteiger charge is -2.09. The van der Waals surface area contributed by atoms with Crippen LogP contribution in [0, 0.1) is 0 Å². The monoisotopic (exact) mass is 295 g/mol. The van der Waals surface area contributed by atoms with Crippen LogP contribution in [0.5, 0.6) is 0 Å². The van der Waals surface area contributed by atoms with Crippen LogP contribution >= 0.6 is 11.8 Å². The molecule has 1 fully saturated rings. The minimum Gasteiger partial charge on any atom is -0.345 e. The zero-order valence-corrected chi connectivity index (χ0v) is 11.5. The number of rotatable bonds is 6. The smallest absolute Gasteiger partial charge is 0.231 e. The van der Waals surface area contributed by atoms with Crippen molar-refractivity contribution in [1.29, 1.82) is 0 Å². The Hall–Kier alpha value is -2.04. The molecule has 1 aliphatic carbocycles. The maximum atomic E-state index is 11.8. The molecule has 2 heterocycles. The van der Waals surface area contributed by atoms with E-state index in [1.807, 2.05) is 0 Å². The molecule has 1 atom stereocenters. The van der Waals surface area contributed by atoms with E-state index in [2.05, 4.69) is 41.5 Å². The molecule has 11 heteroatoms. The van der Waals surface area contributed by atoms with E-state index in [0.29, 0.717) is 17.0 Å². The molecule has 20 heavy (non-hydrogen) atoms. The predicted molar refractivity (Wildman–Crippen MR) is 67.5 cm³/mol. The maximum absolute atomic E-state index is 11.8. The highest BCUT2D eigenvalue weighted by Crippen LogP contribution is 2.36. The van der Waals surface area contributed by atoms with Crippen molar-refractivity contribution in [2.24, 2.45) is 0 Å². The van der Waals surface area contributed by atoms with Crippen LogP contribution in [0.25, 0.3) is 0 Å². The highest BCUT2D eigenvalue weighted by atomic mass is 32.2. The van der Waals surface area contributed by atoms with Crippen LogP contribution in [0.2, 0.25) is 0 Å². The molecule has 10 nitrogen and oxygen atoms in total. The fourth-order valence-electron chi connectivity index (χ4n) is 1.66. The quantitative estimate of drug-likeness (QED) is 0.682. The Bertz CT molecular complexity index is 578. The minimum atomic E-state index is -0.290. The summed E-state index contributed by atoms with van der Waals surface area (Å²) in [6, 6.07) is 0.107. The zero-order valence-electron chi connectivity index (χ0n) is 10.7. The van der Waals surface area contributed by atoms with Crippen molar-refractivity contribution >= 4 is 17.7 Å². The summed E-state index contributed by atoms with van der Waals surface area (Å²) in [4.78, 5) is 11.8. The molecule has 0 aliphatic heterocycles. The summed E-state index contributed by atoms with van der Waals surface area (Å²) >= 11 is 1.32. The number of hydrogen-bond donors (Lipinski definition) is 2. The Labute approximate surface area is 118 Å². The largest absolute Gasteiger partial charge is 0.345 e. The van der Waals surface area contributed by atoms with Gasteiger partial charge in [0.15, 0.2) is 5.82 Å². The molecule has 1 unspecified atom stereocenters. The third-order valence-corrected chi connectivity index (χ3v) is 3.75. The van der Waals surface area contributed by atoms with Crippen LogP contribution in [-0.4, -0.2) is 52.5 Å². The molecule has 0 aromatic carbocycles. The van der Waals surface area contributed by atoms with Crippen molar-refractivity contribution in [1.82, 2.24) is 46.1 Å². The van der Waals surface area contributed by atoms with E-state index >= 15 is 0 Å². The van der Waals surface area contributed by atoms with Gasteiger partial charge >= 0.3 is 0 Å². The Balaban J connectivity index is 1.50. The molecular formula is C9H13N9OS. The second kappa shape index (κ2) is 5.53. The predicted octanol–water partition coefficient (Wildman–Crippen LogP) is -0.509. The average Bonchev–Trinajstić information content (AvgIpc) is 2.95. The standard InChI is InChI=1S/C9H13N9OS/c1-5(8-11-14-15-12-8)10-7(19)4-20-9-13-16-17-18(9)6-2-3-6/h5-6H,2-4H2,1H3,(H,10,19)(H,11,12,14,15). The van der Waals surface area contributed by atoms with Gasteiger partial charge in [0.2, 0.25) is 11.1 Å². The van der Waals surface area contributed by atoms with Gasteiger partial charge in [0, 0.05) is 0 Å². The number of carbonyl (C=O) groups excluding carboxylic acids is 1. The Kier molecular flexibility index (Phi) is 3.58. The Morgan fingerprint density at radius 1 is 1.55 bits per heavy atom. The maximum Gasteiger partial charge on any atom is 0.231 e. The molecule has 2 aromatic rings. The van der Waals surface area contributed by atoms with Gasteiger partial charge in [-0.15, -0.1) is 15.3 Å². The number of carbonyl (C=O) groups is 1. The number of aromatic amines is 1. The molecule has 1 saturated carbocycles. The number of tetrazole rings is 2. The highest BCUT2D eigenvalue weighted by molar-refractivity contribution is 7.99. The van der Waals surface area contributed by atoms with Gasteiger partial charge in [0.05, 0.1) is 17.8 Å². The molecule has 0 radical (unpaired) electrons. The highest BCUT2D eigenvalue weighted by Gasteiger charge is 2.28. The van der Waals surface area contributed by atoms with E-state index < -0.39 is 0 Å². The first-order valence-electron chi connectivity index (χ1n) is 6.17. The summed E-state index contributed by atoms with van der Waals surface area (Å²) in [5.41, 5.74) is 0. The fraction of sp³-hybridized carbons (Fsp3) is 0.667. The lowest BCUT2D eigenvalue weighted by molar-refractivity contribution is -0.119. The summed E-state index contributed by atoms with van der Waals surface area (Å²) in [5, 5.41) is 28.4. The Morgan fingerprint density at radius 2 is 2.40 bits per heavy atom. The van der Waals surface area contributed by atoms with Crippen molar-refractivity contribution in [2.75, 3.05) is 5.75 Å². The second-order valence-corrected chi connectivity index (χ2v) is 5.43. The van der Waals surface area contributed by atoms with Gasteiger partial charge in [-0.2, -0.15) is 5.21 Å². The van der Waals surface area contributed by atoms with E-state index in [1.165, 1.54) is 11.8 Å². The number of aromatic nitrogens is 8.